The molecule has 3 rings (SSSR count). The lowest BCUT2D eigenvalue weighted by atomic mass is 10.00. The van der Waals surface area contributed by atoms with E-state index in [2.05, 4.69) is 22.7 Å². The van der Waals surface area contributed by atoms with Crippen molar-refractivity contribution in [3.05, 3.63) is 53.3 Å². The van der Waals surface area contributed by atoms with Crippen molar-refractivity contribution in [3.63, 3.8) is 0 Å². The number of carboxylic acid groups (broad SMARTS) is 1. The zero-order valence-electron chi connectivity index (χ0n) is 14.2. The van der Waals surface area contributed by atoms with Crippen molar-refractivity contribution in [2.75, 3.05) is 0 Å². The number of halogens is 1. The van der Waals surface area contributed by atoms with E-state index in [1.54, 1.807) is 6.20 Å². The largest absolute Gasteiger partial charge is 0.481 e. The lowest BCUT2D eigenvalue weighted by Crippen LogP contribution is -1.96. The number of fused-ring (bicyclic) bond motifs is 1. The van der Waals surface area contributed by atoms with Crippen LogP contribution in [-0.4, -0.2) is 20.6 Å². The first-order chi connectivity index (χ1) is 12.1. The molecule has 0 aliphatic carbocycles. The van der Waals surface area contributed by atoms with Crippen LogP contribution >= 0.6 is 11.6 Å². The first kappa shape index (κ1) is 17.5. The number of aliphatic carboxylic acids is 1. The van der Waals surface area contributed by atoms with Gasteiger partial charge in [0.05, 0.1) is 5.69 Å². The van der Waals surface area contributed by atoms with Crippen molar-refractivity contribution in [1.29, 1.82) is 0 Å². The van der Waals surface area contributed by atoms with Crippen molar-refractivity contribution in [1.82, 2.24) is 9.55 Å². The number of carbonyl (C=O) groups is 1. The number of rotatable bonds is 7. The van der Waals surface area contributed by atoms with E-state index >= 15 is 0 Å². The molecule has 3 aromatic rings. The molecule has 4 nitrogen and oxygen atoms in total. The van der Waals surface area contributed by atoms with E-state index < -0.39 is 5.97 Å². The highest BCUT2D eigenvalue weighted by Gasteiger charge is 2.17. The molecule has 0 amide bonds. The predicted molar refractivity (Wildman–Crippen MR) is 101 cm³/mol. The summed E-state index contributed by atoms with van der Waals surface area (Å²) in [5.74, 6) is -0.729. The van der Waals surface area contributed by atoms with Gasteiger partial charge < -0.3 is 9.67 Å². The molecule has 0 aliphatic heterocycles. The molecule has 0 unspecified atom stereocenters. The van der Waals surface area contributed by atoms with Gasteiger partial charge in [0.2, 0.25) is 0 Å². The van der Waals surface area contributed by atoms with Gasteiger partial charge in [0.25, 0.3) is 0 Å². The molecular weight excluding hydrogens is 336 g/mol. The van der Waals surface area contributed by atoms with Gasteiger partial charge in [0.1, 0.15) is 0 Å². The average Bonchev–Trinajstić information content (AvgIpc) is 2.86. The average molecular weight is 357 g/mol. The van der Waals surface area contributed by atoms with Crippen LogP contribution in [-0.2, 0) is 18.3 Å². The van der Waals surface area contributed by atoms with Crippen molar-refractivity contribution >= 4 is 28.5 Å². The standard InChI is InChI=1S/C20H21ClN2O2/c1-23-18-10-9-15(21)12-17(18)16(7-3-2-4-8-19(24)25)20(23)14-6-5-11-22-13-14/h5-6,9-13H,2-4,7-8H2,1H3,(H,24,25). The summed E-state index contributed by atoms with van der Waals surface area (Å²) in [4.78, 5) is 14.9. The Labute approximate surface area is 152 Å². The molecule has 0 saturated heterocycles. The van der Waals surface area contributed by atoms with E-state index in [0.717, 1.165) is 46.4 Å². The number of hydrogen-bond acceptors (Lipinski definition) is 2. The summed E-state index contributed by atoms with van der Waals surface area (Å²) in [5, 5.41) is 10.7. The Balaban J connectivity index is 1.96. The molecule has 0 saturated carbocycles. The second kappa shape index (κ2) is 7.70. The fraction of sp³-hybridized carbons (Fsp3) is 0.300. The monoisotopic (exact) mass is 356 g/mol. The summed E-state index contributed by atoms with van der Waals surface area (Å²) >= 11 is 6.23. The summed E-state index contributed by atoms with van der Waals surface area (Å²) in [7, 11) is 2.06. The van der Waals surface area contributed by atoms with Gasteiger partial charge in [-0.15, -0.1) is 0 Å². The fourth-order valence-electron chi connectivity index (χ4n) is 3.37. The quantitative estimate of drug-likeness (QED) is 0.600. The van der Waals surface area contributed by atoms with E-state index in [1.165, 1.54) is 5.56 Å². The summed E-state index contributed by atoms with van der Waals surface area (Å²) in [5.41, 5.74) is 4.63. The van der Waals surface area contributed by atoms with E-state index in [-0.39, 0.29) is 6.42 Å². The van der Waals surface area contributed by atoms with Crippen molar-refractivity contribution in [3.8, 4) is 11.3 Å². The van der Waals surface area contributed by atoms with Gasteiger partial charge in [-0.25, -0.2) is 0 Å². The molecule has 130 valence electrons. The first-order valence-corrected chi connectivity index (χ1v) is 8.84. The maximum absolute atomic E-state index is 10.7. The van der Waals surface area contributed by atoms with Gasteiger partial charge in [0.15, 0.2) is 0 Å². The molecule has 25 heavy (non-hydrogen) atoms. The highest BCUT2D eigenvalue weighted by molar-refractivity contribution is 6.31. The number of pyridine rings is 1. The second-order valence-electron chi connectivity index (χ2n) is 6.24. The number of benzene rings is 1. The van der Waals surface area contributed by atoms with Gasteiger partial charge in [-0.3, -0.25) is 9.78 Å². The maximum Gasteiger partial charge on any atom is 0.303 e. The third-order valence-corrected chi connectivity index (χ3v) is 4.75. The Bertz CT molecular complexity index is 888. The van der Waals surface area contributed by atoms with Crippen molar-refractivity contribution < 1.29 is 9.90 Å². The topological polar surface area (TPSA) is 55.1 Å². The number of carboxylic acids is 1. The molecular formula is C20H21ClN2O2. The summed E-state index contributed by atoms with van der Waals surface area (Å²) in [6, 6.07) is 9.98. The minimum absolute atomic E-state index is 0.233. The zero-order valence-corrected chi connectivity index (χ0v) is 15.0. The fourth-order valence-corrected chi connectivity index (χ4v) is 3.54. The van der Waals surface area contributed by atoms with Crippen LogP contribution in [0.2, 0.25) is 5.02 Å². The molecule has 0 bridgehead atoms. The molecule has 1 aromatic carbocycles. The Hall–Kier alpha value is -2.33. The van der Waals surface area contributed by atoms with Gasteiger partial charge >= 0.3 is 5.97 Å². The lowest BCUT2D eigenvalue weighted by molar-refractivity contribution is -0.137. The molecule has 0 spiro atoms. The molecule has 2 aromatic heterocycles. The maximum atomic E-state index is 10.7. The minimum atomic E-state index is -0.729. The van der Waals surface area contributed by atoms with E-state index in [9.17, 15) is 4.79 Å². The SMILES string of the molecule is Cn1c(-c2cccnc2)c(CCCCCC(=O)O)c2cc(Cl)ccc21. The molecule has 5 heteroatoms. The zero-order chi connectivity index (χ0) is 17.8. The number of unbranched alkanes of at least 4 members (excludes halogenated alkanes) is 2. The Morgan fingerprint density at radius 1 is 1.24 bits per heavy atom. The molecule has 1 N–H and O–H groups in total. The van der Waals surface area contributed by atoms with Crippen LogP contribution < -0.4 is 0 Å². The van der Waals surface area contributed by atoms with Crippen LogP contribution in [0.4, 0.5) is 0 Å². The Morgan fingerprint density at radius 2 is 2.08 bits per heavy atom. The van der Waals surface area contributed by atoms with Crippen molar-refractivity contribution in [2.24, 2.45) is 7.05 Å². The number of hydrogen-bond donors (Lipinski definition) is 1. The van der Waals surface area contributed by atoms with Gasteiger partial charge in [-0.1, -0.05) is 18.0 Å². The highest BCUT2D eigenvalue weighted by Crippen LogP contribution is 2.35. The Kier molecular flexibility index (Phi) is 5.39. The number of nitrogens with zero attached hydrogens (tertiary/aromatic N) is 2. The molecule has 0 radical (unpaired) electrons. The summed E-state index contributed by atoms with van der Waals surface area (Å²) < 4.78 is 2.19. The number of aryl methyl sites for hydroxylation is 2. The van der Waals surface area contributed by atoms with Crippen molar-refractivity contribution in [2.45, 2.75) is 32.1 Å². The molecule has 0 atom stereocenters. The van der Waals surface area contributed by atoms with Gasteiger partial charge in [0, 0.05) is 47.4 Å². The van der Waals surface area contributed by atoms with Gasteiger partial charge in [-0.05, 0) is 55.2 Å². The van der Waals surface area contributed by atoms with Gasteiger partial charge in [-0.2, -0.15) is 0 Å². The van der Waals surface area contributed by atoms with Crippen LogP contribution in [0.25, 0.3) is 22.2 Å². The smallest absolute Gasteiger partial charge is 0.303 e. The van der Waals surface area contributed by atoms with E-state index in [4.69, 9.17) is 16.7 Å². The normalized spacial score (nSPS) is 11.1. The molecule has 0 aliphatic rings. The van der Waals surface area contributed by atoms with E-state index in [0.29, 0.717) is 6.42 Å². The van der Waals surface area contributed by atoms with Crippen LogP contribution in [0, 0.1) is 0 Å². The predicted octanol–water partition coefficient (Wildman–Crippen LogP) is 5.08. The van der Waals surface area contributed by atoms with Crippen LogP contribution in [0.1, 0.15) is 31.2 Å². The second-order valence-corrected chi connectivity index (χ2v) is 6.68. The molecule has 2 heterocycles. The van der Waals surface area contributed by atoms with Crippen LogP contribution in [0.3, 0.4) is 0 Å². The molecule has 0 fully saturated rings. The highest BCUT2D eigenvalue weighted by atomic mass is 35.5. The summed E-state index contributed by atoms with van der Waals surface area (Å²) in [6.07, 6.45) is 7.34. The first-order valence-electron chi connectivity index (χ1n) is 8.47. The Morgan fingerprint density at radius 3 is 2.80 bits per heavy atom. The van der Waals surface area contributed by atoms with Crippen LogP contribution in [0.5, 0.6) is 0 Å². The third-order valence-electron chi connectivity index (χ3n) is 4.52. The summed E-state index contributed by atoms with van der Waals surface area (Å²) in [6.45, 7) is 0. The third kappa shape index (κ3) is 3.85. The minimum Gasteiger partial charge on any atom is -0.481 e. The lowest BCUT2D eigenvalue weighted by Gasteiger charge is -2.08. The van der Waals surface area contributed by atoms with Crippen LogP contribution in [0.15, 0.2) is 42.7 Å². The van der Waals surface area contributed by atoms with E-state index in [1.807, 2.05) is 30.5 Å². The number of aromatic nitrogens is 2.